The Morgan fingerprint density at radius 3 is 2.55 bits per heavy atom. The minimum Gasteiger partial charge on any atom is -0.357 e. The molecule has 9 heteroatoms. The van der Waals surface area contributed by atoms with E-state index in [0.29, 0.717) is 10.4 Å². The number of carbonyl (C=O) groups excluding carboxylic acids is 1. The Bertz CT molecular complexity index is 672. The lowest BCUT2D eigenvalue weighted by Gasteiger charge is -2.25. The fraction of sp³-hybridized carbons (Fsp3) is 0.462. The highest BCUT2D eigenvalue weighted by Crippen LogP contribution is 2.37. The third kappa shape index (κ3) is 2.95. The van der Waals surface area contributed by atoms with Crippen LogP contribution in [0, 0.1) is 0 Å². The van der Waals surface area contributed by atoms with E-state index in [0.717, 1.165) is 12.1 Å². The van der Waals surface area contributed by atoms with Crippen molar-refractivity contribution < 1.29 is 31.1 Å². The molecule has 0 saturated carbocycles. The van der Waals surface area contributed by atoms with Crippen molar-refractivity contribution >= 4 is 15.9 Å². The van der Waals surface area contributed by atoms with E-state index in [1.165, 1.54) is 6.07 Å². The summed E-state index contributed by atoms with van der Waals surface area (Å²) < 4.78 is 69.7. The molecule has 22 heavy (non-hydrogen) atoms. The van der Waals surface area contributed by atoms with Gasteiger partial charge >= 0.3 is 6.18 Å². The Morgan fingerprint density at radius 2 is 1.95 bits per heavy atom. The lowest BCUT2D eigenvalue weighted by Crippen LogP contribution is -2.40. The number of ether oxygens (including phenoxy) is 1. The Morgan fingerprint density at radius 1 is 1.32 bits per heavy atom. The number of sulfonamides is 1. The molecule has 1 amide bonds. The number of amides is 1. The maximum Gasteiger partial charge on any atom is 0.417 e. The van der Waals surface area contributed by atoms with Crippen molar-refractivity contribution in [2.24, 2.45) is 0 Å². The lowest BCUT2D eigenvalue weighted by atomic mass is 10.2. The minimum atomic E-state index is -4.84. The monoisotopic (exact) mass is 337 g/mol. The summed E-state index contributed by atoms with van der Waals surface area (Å²) in [6, 6.07) is 3.78. The van der Waals surface area contributed by atoms with Crippen LogP contribution in [0.1, 0.15) is 25.3 Å². The van der Waals surface area contributed by atoms with Gasteiger partial charge in [0.2, 0.25) is 5.91 Å². The summed E-state index contributed by atoms with van der Waals surface area (Å²) in [6.45, 7) is 1.75. The molecule has 2 rings (SSSR count). The van der Waals surface area contributed by atoms with E-state index in [4.69, 9.17) is 4.74 Å². The molecule has 0 spiro atoms. The Kier molecular flexibility index (Phi) is 4.48. The number of rotatable bonds is 4. The van der Waals surface area contributed by atoms with Gasteiger partial charge in [0, 0.05) is 19.4 Å². The van der Waals surface area contributed by atoms with E-state index < -0.39 is 38.8 Å². The van der Waals surface area contributed by atoms with Crippen molar-refractivity contribution in [1.82, 2.24) is 4.31 Å². The van der Waals surface area contributed by atoms with E-state index in [1.54, 1.807) is 6.92 Å². The first kappa shape index (κ1) is 16.8. The molecule has 0 radical (unpaired) electrons. The van der Waals surface area contributed by atoms with Gasteiger partial charge in [-0.15, -0.1) is 0 Å². The highest BCUT2D eigenvalue weighted by molar-refractivity contribution is 7.89. The maximum atomic E-state index is 13.0. The second-order valence-electron chi connectivity index (χ2n) is 4.64. The second-order valence-corrected chi connectivity index (χ2v) is 6.42. The van der Waals surface area contributed by atoms with Crippen molar-refractivity contribution in [2.45, 2.75) is 37.1 Å². The van der Waals surface area contributed by atoms with Crippen LogP contribution in [0.15, 0.2) is 29.2 Å². The van der Waals surface area contributed by atoms with Gasteiger partial charge in [0.05, 0.1) is 10.5 Å². The van der Waals surface area contributed by atoms with E-state index in [1.807, 2.05) is 0 Å². The van der Waals surface area contributed by atoms with Crippen molar-refractivity contribution in [3.63, 3.8) is 0 Å². The van der Waals surface area contributed by atoms with Crippen molar-refractivity contribution in [3.05, 3.63) is 29.8 Å². The molecule has 1 unspecified atom stereocenters. The maximum absolute atomic E-state index is 13.0. The highest BCUT2D eigenvalue weighted by atomic mass is 32.2. The van der Waals surface area contributed by atoms with Crippen LogP contribution in [0.2, 0.25) is 0 Å². The molecule has 0 aromatic heterocycles. The molecule has 1 heterocycles. The molecule has 5 nitrogen and oxygen atoms in total. The van der Waals surface area contributed by atoms with Gasteiger partial charge in [0.15, 0.2) is 0 Å². The van der Waals surface area contributed by atoms with Crippen molar-refractivity contribution in [2.75, 3.05) is 6.61 Å². The van der Waals surface area contributed by atoms with E-state index in [-0.39, 0.29) is 19.4 Å². The fourth-order valence-corrected chi connectivity index (χ4v) is 4.06. The van der Waals surface area contributed by atoms with Crippen LogP contribution >= 0.6 is 0 Å². The van der Waals surface area contributed by atoms with Crippen LogP contribution in [-0.4, -0.2) is 31.5 Å². The lowest BCUT2D eigenvalue weighted by molar-refractivity contribution is -0.140. The van der Waals surface area contributed by atoms with Crippen LogP contribution in [0.25, 0.3) is 0 Å². The van der Waals surface area contributed by atoms with Crippen LogP contribution in [0.3, 0.4) is 0 Å². The molecule has 1 aliphatic heterocycles. The average molecular weight is 337 g/mol. The molecule has 1 atom stereocenters. The molecule has 1 fully saturated rings. The summed E-state index contributed by atoms with van der Waals surface area (Å²) in [5.74, 6) is -0.768. The van der Waals surface area contributed by atoms with Gasteiger partial charge in [-0.05, 0) is 19.1 Å². The third-order valence-electron chi connectivity index (χ3n) is 3.20. The number of hydrogen-bond acceptors (Lipinski definition) is 4. The number of nitrogens with zero attached hydrogens (tertiary/aromatic N) is 1. The van der Waals surface area contributed by atoms with Crippen LogP contribution < -0.4 is 0 Å². The molecular weight excluding hydrogens is 323 g/mol. The predicted molar refractivity (Wildman–Crippen MR) is 70.1 cm³/mol. The second kappa shape index (κ2) is 5.88. The first-order valence-corrected chi connectivity index (χ1v) is 7.98. The van der Waals surface area contributed by atoms with Crippen LogP contribution in [0.4, 0.5) is 13.2 Å². The fourth-order valence-electron chi connectivity index (χ4n) is 2.30. The topological polar surface area (TPSA) is 63.7 Å². The third-order valence-corrected chi connectivity index (χ3v) is 5.07. The van der Waals surface area contributed by atoms with E-state index >= 15 is 0 Å². The van der Waals surface area contributed by atoms with Crippen LogP contribution in [-0.2, 0) is 25.7 Å². The number of benzene rings is 1. The normalized spacial score (nSPS) is 19.7. The molecule has 0 aliphatic carbocycles. The number of alkyl halides is 3. The molecule has 1 aromatic rings. The van der Waals surface area contributed by atoms with Crippen molar-refractivity contribution in [1.29, 1.82) is 0 Å². The Labute approximate surface area is 125 Å². The summed E-state index contributed by atoms with van der Waals surface area (Å²) in [5.41, 5.74) is -1.30. The first-order chi connectivity index (χ1) is 10.2. The molecule has 0 N–H and O–H groups in total. The largest absolute Gasteiger partial charge is 0.417 e. The smallest absolute Gasteiger partial charge is 0.357 e. The van der Waals surface area contributed by atoms with Gasteiger partial charge in [0.1, 0.15) is 6.23 Å². The molecule has 1 aliphatic rings. The van der Waals surface area contributed by atoms with Gasteiger partial charge in [-0.3, -0.25) is 4.79 Å². The Hall–Kier alpha value is -1.61. The van der Waals surface area contributed by atoms with Crippen LogP contribution in [0.5, 0.6) is 0 Å². The molecule has 1 aromatic carbocycles. The number of hydrogen-bond donors (Lipinski definition) is 0. The molecular formula is C13H14F3NO4S. The number of carbonyl (C=O) groups is 1. The van der Waals surface area contributed by atoms with Gasteiger partial charge < -0.3 is 4.74 Å². The SMILES string of the molecule is CCOC1CCC(=O)N1S(=O)(=O)c1ccccc1C(F)(F)F. The molecule has 122 valence electrons. The summed E-state index contributed by atoms with van der Waals surface area (Å²) in [6.07, 6.45) is -5.87. The van der Waals surface area contributed by atoms with E-state index in [9.17, 15) is 26.4 Å². The zero-order valence-corrected chi connectivity index (χ0v) is 12.4. The first-order valence-electron chi connectivity index (χ1n) is 6.54. The average Bonchev–Trinajstić information content (AvgIpc) is 2.80. The summed E-state index contributed by atoms with van der Waals surface area (Å²) >= 11 is 0. The summed E-state index contributed by atoms with van der Waals surface area (Å²) in [4.78, 5) is 10.9. The minimum absolute atomic E-state index is 0.0852. The van der Waals surface area contributed by atoms with E-state index in [2.05, 4.69) is 0 Å². The van der Waals surface area contributed by atoms with Gasteiger partial charge in [-0.25, -0.2) is 12.7 Å². The zero-order chi connectivity index (χ0) is 16.5. The van der Waals surface area contributed by atoms with Gasteiger partial charge in [-0.1, -0.05) is 12.1 Å². The predicted octanol–water partition coefficient (Wildman–Crippen LogP) is 2.38. The quantitative estimate of drug-likeness (QED) is 0.846. The Balaban J connectivity index is 2.54. The molecule has 0 bridgehead atoms. The van der Waals surface area contributed by atoms with Crippen molar-refractivity contribution in [3.8, 4) is 0 Å². The van der Waals surface area contributed by atoms with Gasteiger partial charge in [0.25, 0.3) is 10.0 Å². The highest BCUT2D eigenvalue weighted by Gasteiger charge is 2.45. The standard InChI is InChI=1S/C13H14F3NO4S/c1-2-21-12-8-7-11(18)17(12)22(19,20)10-6-4-3-5-9(10)13(14,15)16/h3-6,12H,2,7-8H2,1H3. The summed E-state index contributed by atoms with van der Waals surface area (Å²) in [7, 11) is -4.63. The molecule has 1 saturated heterocycles. The zero-order valence-electron chi connectivity index (χ0n) is 11.6. The summed E-state index contributed by atoms with van der Waals surface area (Å²) in [5, 5.41) is 0. The number of halogens is 3. The van der Waals surface area contributed by atoms with Gasteiger partial charge in [-0.2, -0.15) is 13.2 Å².